The van der Waals surface area contributed by atoms with E-state index in [2.05, 4.69) is 10.3 Å². The molecule has 7 heteroatoms. The van der Waals surface area contributed by atoms with Crippen molar-refractivity contribution < 1.29 is 24.2 Å². The first kappa shape index (κ1) is 17.8. The number of hydrogen-bond acceptors (Lipinski definition) is 4. The molecule has 112 valence electrons. The molecule has 2 N–H and O–H groups in total. The quantitative estimate of drug-likeness (QED) is 0.399. The molecule has 0 rings (SSSR count). The molecule has 0 bridgehead atoms. The van der Waals surface area contributed by atoms with Crippen LogP contribution in [0.3, 0.4) is 0 Å². The summed E-state index contributed by atoms with van der Waals surface area (Å²) >= 11 is 0. The van der Waals surface area contributed by atoms with Crippen LogP contribution in [-0.2, 0) is 14.3 Å². The summed E-state index contributed by atoms with van der Waals surface area (Å²) in [5, 5.41) is 11.0. The SMILES string of the molecule is CC=NC(=O)NC(CCCC)COC(=O)/C=C/C(=O)O. The van der Waals surface area contributed by atoms with Crippen molar-refractivity contribution in [1.29, 1.82) is 0 Å². The highest BCUT2D eigenvalue weighted by Gasteiger charge is 2.13. The first-order valence-electron chi connectivity index (χ1n) is 6.36. The molecule has 0 saturated heterocycles. The number of nitrogens with one attached hydrogen (secondary N) is 1. The molecule has 1 unspecified atom stereocenters. The minimum Gasteiger partial charge on any atom is -0.478 e. The van der Waals surface area contributed by atoms with E-state index in [1.807, 2.05) is 6.92 Å². The minimum atomic E-state index is -1.23. The first-order chi connectivity index (χ1) is 9.49. The molecule has 0 aromatic carbocycles. The second-order valence-corrected chi connectivity index (χ2v) is 3.98. The zero-order valence-corrected chi connectivity index (χ0v) is 11.7. The fourth-order valence-corrected chi connectivity index (χ4v) is 1.35. The van der Waals surface area contributed by atoms with Crippen molar-refractivity contribution in [2.75, 3.05) is 6.61 Å². The van der Waals surface area contributed by atoms with E-state index in [0.29, 0.717) is 12.5 Å². The van der Waals surface area contributed by atoms with Crippen LogP contribution in [0, 0.1) is 0 Å². The average Bonchev–Trinajstić information content (AvgIpc) is 2.39. The topological polar surface area (TPSA) is 105 Å². The lowest BCUT2D eigenvalue weighted by molar-refractivity contribution is -0.139. The molecule has 0 fully saturated rings. The van der Waals surface area contributed by atoms with Gasteiger partial charge < -0.3 is 15.2 Å². The number of aliphatic imine (C=N–C) groups is 1. The van der Waals surface area contributed by atoms with Crippen molar-refractivity contribution in [3.63, 3.8) is 0 Å². The molecular formula is C13H20N2O5. The maximum absolute atomic E-state index is 11.3. The summed E-state index contributed by atoms with van der Waals surface area (Å²) in [6.07, 6.45) is 5.35. The van der Waals surface area contributed by atoms with Crippen molar-refractivity contribution in [3.8, 4) is 0 Å². The lowest BCUT2D eigenvalue weighted by Crippen LogP contribution is -2.37. The largest absolute Gasteiger partial charge is 0.478 e. The number of unbranched alkanes of at least 4 members (excludes halogenated alkanes) is 1. The van der Waals surface area contributed by atoms with Crippen molar-refractivity contribution in [1.82, 2.24) is 5.32 Å². The smallest absolute Gasteiger partial charge is 0.340 e. The van der Waals surface area contributed by atoms with Gasteiger partial charge in [-0.2, -0.15) is 0 Å². The van der Waals surface area contributed by atoms with Gasteiger partial charge in [-0.1, -0.05) is 19.8 Å². The van der Waals surface area contributed by atoms with Crippen LogP contribution < -0.4 is 5.32 Å². The van der Waals surface area contributed by atoms with Gasteiger partial charge in [0.25, 0.3) is 0 Å². The molecule has 0 saturated carbocycles. The summed E-state index contributed by atoms with van der Waals surface area (Å²) in [7, 11) is 0. The molecule has 0 aliphatic carbocycles. The van der Waals surface area contributed by atoms with Crippen LogP contribution in [0.1, 0.15) is 33.1 Å². The Bertz CT molecular complexity index is 390. The zero-order chi connectivity index (χ0) is 15.4. The summed E-state index contributed by atoms with van der Waals surface area (Å²) in [5.74, 6) is -1.99. The van der Waals surface area contributed by atoms with E-state index in [1.54, 1.807) is 6.92 Å². The highest BCUT2D eigenvalue weighted by atomic mass is 16.5. The standard InChI is InChI=1S/C13H20N2O5/c1-3-5-6-10(15-13(19)14-4-2)9-20-12(18)8-7-11(16)17/h4,7-8,10H,3,5-6,9H2,1-2H3,(H,15,19)(H,16,17)/b8-7+,14-4?. The monoisotopic (exact) mass is 284 g/mol. The number of hydrogen-bond donors (Lipinski definition) is 2. The van der Waals surface area contributed by atoms with E-state index in [-0.39, 0.29) is 12.6 Å². The zero-order valence-electron chi connectivity index (χ0n) is 11.7. The Morgan fingerprint density at radius 1 is 1.35 bits per heavy atom. The van der Waals surface area contributed by atoms with E-state index in [1.165, 1.54) is 6.21 Å². The molecule has 0 aliphatic rings. The number of carboxylic acids is 1. The fraction of sp³-hybridized carbons (Fsp3) is 0.538. The maximum Gasteiger partial charge on any atom is 0.340 e. The summed E-state index contributed by atoms with van der Waals surface area (Å²) < 4.78 is 4.87. The van der Waals surface area contributed by atoms with Crippen LogP contribution >= 0.6 is 0 Å². The van der Waals surface area contributed by atoms with E-state index >= 15 is 0 Å². The van der Waals surface area contributed by atoms with Crippen LogP contribution in [-0.4, -0.2) is 41.9 Å². The van der Waals surface area contributed by atoms with Gasteiger partial charge in [-0.25, -0.2) is 19.4 Å². The van der Waals surface area contributed by atoms with Gasteiger partial charge in [0, 0.05) is 18.4 Å². The summed E-state index contributed by atoms with van der Waals surface area (Å²) in [4.78, 5) is 36.3. The van der Waals surface area contributed by atoms with Gasteiger partial charge in [0.2, 0.25) is 0 Å². The van der Waals surface area contributed by atoms with Gasteiger partial charge in [0.1, 0.15) is 6.61 Å². The van der Waals surface area contributed by atoms with E-state index < -0.39 is 18.0 Å². The van der Waals surface area contributed by atoms with Gasteiger partial charge in [0.05, 0.1) is 6.04 Å². The van der Waals surface area contributed by atoms with Crippen molar-refractivity contribution in [2.24, 2.45) is 4.99 Å². The Hall–Kier alpha value is -2.18. The number of nitrogens with zero attached hydrogens (tertiary/aromatic N) is 1. The summed E-state index contributed by atoms with van der Waals surface area (Å²) in [6.45, 7) is 3.61. The predicted molar refractivity (Wildman–Crippen MR) is 73.7 cm³/mol. The van der Waals surface area contributed by atoms with Crippen LogP contribution in [0.25, 0.3) is 0 Å². The highest BCUT2D eigenvalue weighted by Crippen LogP contribution is 2.02. The highest BCUT2D eigenvalue weighted by molar-refractivity contribution is 5.90. The lowest BCUT2D eigenvalue weighted by Gasteiger charge is -2.16. The van der Waals surface area contributed by atoms with Crippen LogP contribution in [0.4, 0.5) is 4.79 Å². The molecule has 0 aromatic heterocycles. The number of carbonyl (C=O) groups excluding carboxylic acids is 2. The van der Waals surface area contributed by atoms with Gasteiger partial charge in [0.15, 0.2) is 0 Å². The Morgan fingerprint density at radius 2 is 2.05 bits per heavy atom. The maximum atomic E-state index is 11.3. The van der Waals surface area contributed by atoms with Gasteiger partial charge >= 0.3 is 18.0 Å². The Labute approximate surface area is 117 Å². The van der Waals surface area contributed by atoms with Gasteiger partial charge in [-0.05, 0) is 13.3 Å². The third-order valence-electron chi connectivity index (χ3n) is 2.27. The Balaban J connectivity index is 4.31. The van der Waals surface area contributed by atoms with Crippen LogP contribution in [0.2, 0.25) is 0 Å². The molecular weight excluding hydrogens is 264 g/mol. The number of esters is 1. The Morgan fingerprint density at radius 3 is 2.60 bits per heavy atom. The molecule has 0 heterocycles. The normalized spacial score (nSPS) is 12.5. The third-order valence-corrected chi connectivity index (χ3v) is 2.27. The lowest BCUT2D eigenvalue weighted by atomic mass is 10.1. The molecule has 7 nitrogen and oxygen atoms in total. The van der Waals surface area contributed by atoms with Crippen LogP contribution in [0.15, 0.2) is 17.1 Å². The van der Waals surface area contributed by atoms with Crippen molar-refractivity contribution in [2.45, 2.75) is 39.2 Å². The number of carbonyl (C=O) groups is 3. The molecule has 0 radical (unpaired) electrons. The van der Waals surface area contributed by atoms with Crippen molar-refractivity contribution in [3.05, 3.63) is 12.2 Å². The van der Waals surface area contributed by atoms with E-state index in [4.69, 9.17) is 9.84 Å². The second kappa shape index (κ2) is 10.7. The summed E-state index contributed by atoms with van der Waals surface area (Å²) in [6, 6.07) is -0.834. The molecule has 0 aromatic rings. The summed E-state index contributed by atoms with van der Waals surface area (Å²) in [5.41, 5.74) is 0. The number of amides is 2. The third kappa shape index (κ3) is 9.81. The minimum absolute atomic E-state index is 0.0201. The van der Waals surface area contributed by atoms with Gasteiger partial charge in [-0.3, -0.25) is 0 Å². The predicted octanol–water partition coefficient (Wildman–Crippen LogP) is 1.53. The molecule has 20 heavy (non-hydrogen) atoms. The number of carboxylic acid groups (broad SMARTS) is 1. The van der Waals surface area contributed by atoms with E-state index in [9.17, 15) is 14.4 Å². The fourth-order valence-electron chi connectivity index (χ4n) is 1.35. The second-order valence-electron chi connectivity index (χ2n) is 3.98. The number of urea groups is 1. The number of aliphatic carboxylic acids is 1. The van der Waals surface area contributed by atoms with E-state index in [0.717, 1.165) is 18.9 Å². The first-order valence-corrected chi connectivity index (χ1v) is 6.36. The van der Waals surface area contributed by atoms with Crippen LogP contribution in [0.5, 0.6) is 0 Å². The van der Waals surface area contributed by atoms with Gasteiger partial charge in [-0.15, -0.1) is 0 Å². The van der Waals surface area contributed by atoms with Crippen molar-refractivity contribution >= 4 is 24.2 Å². The number of rotatable bonds is 8. The Kier molecular flexibility index (Phi) is 9.55. The average molecular weight is 284 g/mol. The molecule has 0 aliphatic heterocycles. The number of ether oxygens (including phenoxy) is 1. The molecule has 1 atom stereocenters. The molecule has 2 amide bonds. The molecule has 0 spiro atoms.